The average Bonchev–Trinajstić information content (AvgIpc) is 2.97. The van der Waals surface area contributed by atoms with Crippen LogP contribution in [-0.2, 0) is 0 Å². The number of amides is 2. The number of benzene rings is 1. The summed E-state index contributed by atoms with van der Waals surface area (Å²) in [6, 6.07) is 2.02. The molecule has 0 unspecified atom stereocenters. The first-order chi connectivity index (χ1) is 20.3. The Kier molecular flexibility index (Phi) is 20.9. The highest BCUT2D eigenvalue weighted by Gasteiger charge is 2.25. The molecule has 0 radical (unpaired) electrons. The Hall–Kier alpha value is -2.90. The van der Waals surface area contributed by atoms with Gasteiger partial charge in [-0.05, 0) is 25.0 Å². The van der Waals surface area contributed by atoms with Gasteiger partial charge in [0.25, 0.3) is 11.8 Å². The lowest BCUT2D eigenvalue weighted by atomic mass is 9.96. The normalized spacial score (nSPS) is 10.9. The van der Waals surface area contributed by atoms with E-state index >= 15 is 0 Å². The van der Waals surface area contributed by atoms with Crippen molar-refractivity contribution in [1.82, 2.24) is 10.6 Å². The van der Waals surface area contributed by atoms with Crippen LogP contribution in [0.5, 0.6) is 0 Å². The summed E-state index contributed by atoms with van der Waals surface area (Å²) in [6.07, 6.45) is 23.2. The van der Waals surface area contributed by atoms with E-state index in [9.17, 15) is 29.4 Å². The van der Waals surface area contributed by atoms with Crippen molar-refractivity contribution < 1.29 is 29.4 Å². The first-order valence-corrected chi connectivity index (χ1v) is 16.5. The zero-order chi connectivity index (χ0) is 31.0. The Balaban J connectivity index is 2.57. The maximum absolute atomic E-state index is 12.9. The van der Waals surface area contributed by atoms with Gasteiger partial charge in [-0.2, -0.15) is 0 Å². The van der Waals surface area contributed by atoms with Crippen molar-refractivity contribution in [1.29, 1.82) is 0 Å². The molecule has 0 aliphatic heterocycles. The Labute approximate surface area is 253 Å². The van der Waals surface area contributed by atoms with Crippen LogP contribution in [0.1, 0.15) is 184 Å². The number of hydrogen-bond donors (Lipinski definition) is 4. The van der Waals surface area contributed by atoms with Gasteiger partial charge in [0.15, 0.2) is 0 Å². The number of carboxylic acid groups (broad SMARTS) is 2. The van der Waals surface area contributed by atoms with E-state index in [2.05, 4.69) is 24.5 Å². The lowest BCUT2D eigenvalue weighted by molar-refractivity contribution is 0.0687. The molecule has 0 aliphatic rings. The Morgan fingerprint density at radius 2 is 0.714 bits per heavy atom. The van der Waals surface area contributed by atoms with Crippen molar-refractivity contribution in [3.8, 4) is 0 Å². The molecule has 2 amide bonds. The summed E-state index contributed by atoms with van der Waals surface area (Å²) < 4.78 is 0. The number of carbonyl (C=O) groups is 4. The van der Waals surface area contributed by atoms with Crippen LogP contribution in [0, 0.1) is 0 Å². The average molecular weight is 589 g/mol. The van der Waals surface area contributed by atoms with Crippen LogP contribution >= 0.6 is 0 Å². The molecule has 8 heteroatoms. The Bertz CT molecular complexity index is 875. The second-order valence-electron chi connectivity index (χ2n) is 11.4. The predicted molar refractivity (Wildman–Crippen MR) is 169 cm³/mol. The molecule has 0 saturated carbocycles. The van der Waals surface area contributed by atoms with E-state index in [4.69, 9.17) is 0 Å². The topological polar surface area (TPSA) is 133 Å². The number of unbranched alkanes of at least 4 members (excludes halogenated alkanes) is 18. The first kappa shape index (κ1) is 37.1. The molecule has 0 bridgehead atoms. The summed E-state index contributed by atoms with van der Waals surface area (Å²) in [6.45, 7) is 5.19. The summed E-state index contributed by atoms with van der Waals surface area (Å²) in [5.41, 5.74) is -1.27. The fourth-order valence-electron chi connectivity index (χ4n) is 5.15. The van der Waals surface area contributed by atoms with Gasteiger partial charge in [0.2, 0.25) is 0 Å². The van der Waals surface area contributed by atoms with Crippen molar-refractivity contribution in [3.63, 3.8) is 0 Å². The molecular weight excluding hydrogens is 532 g/mol. The first-order valence-electron chi connectivity index (χ1n) is 16.5. The summed E-state index contributed by atoms with van der Waals surface area (Å²) in [5.74, 6) is -4.08. The Morgan fingerprint density at radius 1 is 0.452 bits per heavy atom. The highest BCUT2D eigenvalue weighted by molar-refractivity contribution is 6.11. The van der Waals surface area contributed by atoms with Gasteiger partial charge in [-0.25, -0.2) is 9.59 Å². The minimum atomic E-state index is -1.42. The SMILES string of the molecule is CCCCCCCCCCCCNC(=O)c1cc(C(=O)NCCCCCCCCCCCC)c(C(=O)O)cc1C(=O)O. The maximum atomic E-state index is 12.9. The monoisotopic (exact) mass is 588 g/mol. The molecule has 8 nitrogen and oxygen atoms in total. The summed E-state index contributed by atoms with van der Waals surface area (Å²) in [5, 5.41) is 24.8. The fourth-order valence-corrected chi connectivity index (χ4v) is 5.15. The molecule has 0 heterocycles. The van der Waals surface area contributed by atoms with Gasteiger partial charge < -0.3 is 20.8 Å². The van der Waals surface area contributed by atoms with Crippen LogP contribution in [-0.4, -0.2) is 47.1 Å². The van der Waals surface area contributed by atoms with Crippen LogP contribution in [0.4, 0.5) is 0 Å². The largest absolute Gasteiger partial charge is 0.478 e. The molecule has 0 fully saturated rings. The standard InChI is InChI=1S/C34H56N2O6/c1-3-5-7-9-11-13-15-17-19-21-23-35-31(37)27-25-28(30(34(41)42)26-29(27)33(39)40)32(38)36-24-22-20-18-16-14-12-10-8-6-4-2/h25-26H,3-24H2,1-2H3,(H,35,37)(H,36,38)(H,39,40)(H,41,42). The van der Waals surface area contributed by atoms with Crippen LogP contribution in [0.15, 0.2) is 12.1 Å². The summed E-state index contributed by atoms with van der Waals surface area (Å²) in [4.78, 5) is 49.5. The van der Waals surface area contributed by atoms with Gasteiger partial charge in [-0.15, -0.1) is 0 Å². The van der Waals surface area contributed by atoms with Crippen LogP contribution in [0.2, 0.25) is 0 Å². The third-order valence-electron chi connectivity index (χ3n) is 7.74. The highest BCUT2D eigenvalue weighted by Crippen LogP contribution is 2.19. The van der Waals surface area contributed by atoms with Crippen LogP contribution < -0.4 is 10.6 Å². The molecule has 4 N–H and O–H groups in total. The quantitative estimate of drug-likeness (QED) is 0.0803. The van der Waals surface area contributed by atoms with E-state index in [0.29, 0.717) is 13.1 Å². The zero-order valence-electron chi connectivity index (χ0n) is 26.2. The molecule has 42 heavy (non-hydrogen) atoms. The Morgan fingerprint density at radius 3 is 1.00 bits per heavy atom. The number of aromatic carboxylic acids is 2. The van der Waals surface area contributed by atoms with Gasteiger partial charge in [-0.1, -0.05) is 129 Å². The summed E-state index contributed by atoms with van der Waals surface area (Å²) >= 11 is 0. The second-order valence-corrected chi connectivity index (χ2v) is 11.4. The number of rotatable bonds is 26. The molecule has 1 aromatic carbocycles. The van der Waals surface area contributed by atoms with E-state index in [-0.39, 0.29) is 11.1 Å². The van der Waals surface area contributed by atoms with Crippen molar-refractivity contribution in [2.45, 2.75) is 142 Å². The number of hydrogen-bond acceptors (Lipinski definition) is 4. The highest BCUT2D eigenvalue weighted by atomic mass is 16.4. The second kappa shape index (κ2) is 23.6. The van der Waals surface area contributed by atoms with E-state index < -0.39 is 34.9 Å². The molecule has 0 aromatic heterocycles. The molecule has 0 saturated heterocycles. The predicted octanol–water partition coefficient (Wildman–Crippen LogP) is 8.38. The fraction of sp³-hybridized carbons (Fsp3) is 0.706. The third-order valence-corrected chi connectivity index (χ3v) is 7.74. The van der Waals surface area contributed by atoms with Gasteiger partial charge >= 0.3 is 11.9 Å². The number of carbonyl (C=O) groups excluding carboxylic acids is 2. The lowest BCUT2D eigenvalue weighted by Gasteiger charge is -2.13. The molecule has 0 aliphatic carbocycles. The minimum absolute atomic E-state index is 0.205. The molecular formula is C34H56N2O6. The molecule has 238 valence electrons. The van der Waals surface area contributed by atoms with Gasteiger partial charge in [-0.3, -0.25) is 9.59 Å². The molecule has 0 atom stereocenters. The minimum Gasteiger partial charge on any atom is -0.478 e. The van der Waals surface area contributed by atoms with Gasteiger partial charge in [0.05, 0.1) is 22.3 Å². The van der Waals surface area contributed by atoms with Crippen LogP contribution in [0.3, 0.4) is 0 Å². The van der Waals surface area contributed by atoms with Gasteiger partial charge in [0, 0.05) is 13.1 Å². The number of carboxylic acids is 2. The third kappa shape index (κ3) is 15.9. The van der Waals surface area contributed by atoms with E-state index in [0.717, 1.165) is 63.5 Å². The van der Waals surface area contributed by atoms with Crippen molar-refractivity contribution in [2.75, 3.05) is 13.1 Å². The van der Waals surface area contributed by atoms with E-state index in [1.165, 1.54) is 77.0 Å². The smallest absolute Gasteiger partial charge is 0.336 e. The van der Waals surface area contributed by atoms with Crippen LogP contribution in [0.25, 0.3) is 0 Å². The molecule has 1 aromatic rings. The zero-order valence-corrected chi connectivity index (χ0v) is 26.2. The number of nitrogens with one attached hydrogen (secondary N) is 2. The van der Waals surface area contributed by atoms with E-state index in [1.807, 2.05) is 0 Å². The van der Waals surface area contributed by atoms with Gasteiger partial charge in [0.1, 0.15) is 0 Å². The molecule has 1 rings (SSSR count). The molecule has 0 spiro atoms. The van der Waals surface area contributed by atoms with E-state index in [1.54, 1.807) is 0 Å². The van der Waals surface area contributed by atoms with Crippen molar-refractivity contribution in [2.24, 2.45) is 0 Å². The lowest BCUT2D eigenvalue weighted by Crippen LogP contribution is -2.30. The van der Waals surface area contributed by atoms with Crippen molar-refractivity contribution in [3.05, 3.63) is 34.4 Å². The summed E-state index contributed by atoms with van der Waals surface area (Å²) in [7, 11) is 0. The maximum Gasteiger partial charge on any atom is 0.336 e. The van der Waals surface area contributed by atoms with Crippen molar-refractivity contribution >= 4 is 23.8 Å².